The van der Waals surface area contributed by atoms with Gasteiger partial charge in [-0.25, -0.2) is 0 Å². The lowest BCUT2D eigenvalue weighted by atomic mass is 10.0. The summed E-state index contributed by atoms with van der Waals surface area (Å²) in [6.45, 7) is 10.7. The quantitative estimate of drug-likeness (QED) is 0.582. The molecule has 2 aliphatic rings. The van der Waals surface area contributed by atoms with E-state index in [0.717, 1.165) is 12.0 Å². The van der Waals surface area contributed by atoms with Gasteiger partial charge in [0.1, 0.15) is 0 Å². The molecule has 2 nitrogen and oxygen atoms in total. The molecule has 2 atom stereocenters. The highest BCUT2D eigenvalue weighted by Gasteiger charge is 2.39. The van der Waals surface area contributed by atoms with Crippen molar-refractivity contribution in [3.05, 3.63) is 0 Å². The standard InChI is InChI=1S/C10H20N2/c1-10(2,3)12-6-8-4-5-11-9(8)7-12/h8-9,11H,4-7H2,1-3H3/t8-,9+/m1/s1. The van der Waals surface area contributed by atoms with Crippen molar-refractivity contribution in [2.75, 3.05) is 19.6 Å². The second kappa shape index (κ2) is 2.71. The van der Waals surface area contributed by atoms with Gasteiger partial charge in [0.15, 0.2) is 0 Å². The van der Waals surface area contributed by atoms with E-state index < -0.39 is 0 Å². The molecule has 1 N–H and O–H groups in total. The Bertz CT molecular complexity index is 159. The highest BCUT2D eigenvalue weighted by atomic mass is 15.2. The summed E-state index contributed by atoms with van der Waals surface area (Å²) >= 11 is 0. The van der Waals surface area contributed by atoms with E-state index in [4.69, 9.17) is 0 Å². The molecule has 0 aromatic rings. The molecular weight excluding hydrogens is 148 g/mol. The van der Waals surface area contributed by atoms with Gasteiger partial charge in [0.05, 0.1) is 0 Å². The Morgan fingerprint density at radius 1 is 1.25 bits per heavy atom. The Kier molecular flexibility index (Phi) is 1.92. The molecular formula is C10H20N2. The fraction of sp³-hybridized carbons (Fsp3) is 1.00. The van der Waals surface area contributed by atoms with Gasteiger partial charge in [-0.2, -0.15) is 0 Å². The topological polar surface area (TPSA) is 15.3 Å². The van der Waals surface area contributed by atoms with Gasteiger partial charge < -0.3 is 5.32 Å². The van der Waals surface area contributed by atoms with Crippen molar-refractivity contribution in [3.63, 3.8) is 0 Å². The third-order valence-electron chi connectivity index (χ3n) is 3.31. The number of rotatable bonds is 0. The molecule has 2 saturated heterocycles. The molecule has 2 heteroatoms. The number of nitrogens with one attached hydrogen (secondary N) is 1. The predicted molar refractivity (Wildman–Crippen MR) is 51.2 cm³/mol. The predicted octanol–water partition coefficient (Wildman–Crippen LogP) is 1.08. The highest BCUT2D eigenvalue weighted by Crippen LogP contribution is 2.29. The van der Waals surface area contributed by atoms with Crippen molar-refractivity contribution in [1.82, 2.24) is 10.2 Å². The molecule has 0 saturated carbocycles. The van der Waals surface area contributed by atoms with Crippen LogP contribution in [0.4, 0.5) is 0 Å². The van der Waals surface area contributed by atoms with Crippen LogP contribution in [0.5, 0.6) is 0 Å². The fourth-order valence-corrected chi connectivity index (χ4v) is 2.40. The van der Waals surface area contributed by atoms with Crippen molar-refractivity contribution < 1.29 is 0 Å². The van der Waals surface area contributed by atoms with E-state index in [1.165, 1.54) is 26.1 Å². The maximum absolute atomic E-state index is 3.58. The zero-order chi connectivity index (χ0) is 8.77. The zero-order valence-corrected chi connectivity index (χ0v) is 8.43. The van der Waals surface area contributed by atoms with Crippen LogP contribution in [-0.4, -0.2) is 36.1 Å². The third-order valence-corrected chi connectivity index (χ3v) is 3.31. The monoisotopic (exact) mass is 168 g/mol. The van der Waals surface area contributed by atoms with Gasteiger partial charge >= 0.3 is 0 Å². The van der Waals surface area contributed by atoms with Crippen LogP contribution in [-0.2, 0) is 0 Å². The van der Waals surface area contributed by atoms with Gasteiger partial charge in [0.25, 0.3) is 0 Å². The van der Waals surface area contributed by atoms with Crippen LogP contribution in [0.25, 0.3) is 0 Å². The molecule has 2 heterocycles. The van der Waals surface area contributed by atoms with Gasteiger partial charge in [0.2, 0.25) is 0 Å². The summed E-state index contributed by atoms with van der Waals surface area (Å²) < 4.78 is 0. The molecule has 0 radical (unpaired) electrons. The summed E-state index contributed by atoms with van der Waals surface area (Å²) in [7, 11) is 0. The van der Waals surface area contributed by atoms with Gasteiger partial charge in [-0.05, 0) is 39.7 Å². The summed E-state index contributed by atoms with van der Waals surface area (Å²) in [6.07, 6.45) is 1.39. The fourth-order valence-electron chi connectivity index (χ4n) is 2.40. The summed E-state index contributed by atoms with van der Waals surface area (Å²) in [6, 6.07) is 0.796. The zero-order valence-electron chi connectivity index (χ0n) is 8.43. The first kappa shape index (κ1) is 8.52. The van der Waals surface area contributed by atoms with E-state index in [1.807, 2.05) is 0 Å². The number of nitrogens with zero attached hydrogens (tertiary/aromatic N) is 1. The van der Waals surface area contributed by atoms with Crippen LogP contribution in [0.15, 0.2) is 0 Å². The van der Waals surface area contributed by atoms with E-state index >= 15 is 0 Å². The molecule has 0 spiro atoms. The van der Waals surface area contributed by atoms with Crippen molar-refractivity contribution in [3.8, 4) is 0 Å². The second-order valence-electron chi connectivity index (χ2n) is 5.19. The molecule has 70 valence electrons. The Balaban J connectivity index is 1.99. The Labute approximate surface area is 75.3 Å². The molecule has 2 rings (SSSR count). The molecule has 0 aliphatic carbocycles. The van der Waals surface area contributed by atoms with E-state index in [0.29, 0.717) is 5.54 Å². The van der Waals surface area contributed by atoms with Gasteiger partial charge in [-0.1, -0.05) is 0 Å². The number of hydrogen-bond acceptors (Lipinski definition) is 2. The van der Waals surface area contributed by atoms with Crippen LogP contribution in [0, 0.1) is 5.92 Å². The lowest BCUT2D eigenvalue weighted by Gasteiger charge is -2.32. The average molecular weight is 168 g/mol. The molecule has 0 amide bonds. The normalized spacial score (nSPS) is 37.2. The maximum Gasteiger partial charge on any atom is 0.0236 e. The molecule has 0 unspecified atom stereocenters. The van der Waals surface area contributed by atoms with E-state index in [-0.39, 0.29) is 0 Å². The van der Waals surface area contributed by atoms with Crippen LogP contribution in [0.3, 0.4) is 0 Å². The Morgan fingerprint density at radius 2 is 2.00 bits per heavy atom. The number of fused-ring (bicyclic) bond motifs is 1. The lowest BCUT2D eigenvalue weighted by Crippen LogP contribution is -2.41. The first-order valence-electron chi connectivity index (χ1n) is 5.06. The van der Waals surface area contributed by atoms with E-state index in [2.05, 4.69) is 31.0 Å². The lowest BCUT2D eigenvalue weighted by molar-refractivity contribution is 0.163. The minimum atomic E-state index is 0.367. The van der Waals surface area contributed by atoms with Crippen molar-refractivity contribution in [1.29, 1.82) is 0 Å². The first-order chi connectivity index (χ1) is 5.57. The molecule has 0 bridgehead atoms. The van der Waals surface area contributed by atoms with Crippen LogP contribution in [0.2, 0.25) is 0 Å². The second-order valence-corrected chi connectivity index (χ2v) is 5.19. The third kappa shape index (κ3) is 1.38. The van der Waals surface area contributed by atoms with Gasteiger partial charge in [0, 0.05) is 24.7 Å². The summed E-state index contributed by atoms with van der Waals surface area (Å²) in [5.74, 6) is 0.934. The van der Waals surface area contributed by atoms with E-state index in [9.17, 15) is 0 Å². The largest absolute Gasteiger partial charge is 0.312 e. The Morgan fingerprint density at radius 3 is 2.58 bits per heavy atom. The molecule has 0 aromatic carbocycles. The SMILES string of the molecule is CC(C)(C)N1C[C@H]2CCN[C@H]2C1. The first-order valence-corrected chi connectivity index (χ1v) is 5.06. The molecule has 2 fully saturated rings. The average Bonchev–Trinajstić information content (AvgIpc) is 2.37. The van der Waals surface area contributed by atoms with Gasteiger partial charge in [-0.15, -0.1) is 0 Å². The van der Waals surface area contributed by atoms with Crippen molar-refractivity contribution in [2.24, 2.45) is 5.92 Å². The van der Waals surface area contributed by atoms with Crippen LogP contribution >= 0.6 is 0 Å². The smallest absolute Gasteiger partial charge is 0.0236 e. The summed E-state index contributed by atoms with van der Waals surface area (Å²) in [5.41, 5.74) is 0.367. The number of hydrogen-bond donors (Lipinski definition) is 1. The minimum absolute atomic E-state index is 0.367. The van der Waals surface area contributed by atoms with Crippen molar-refractivity contribution >= 4 is 0 Å². The highest BCUT2D eigenvalue weighted by molar-refractivity contribution is 4.97. The summed E-state index contributed by atoms with van der Waals surface area (Å²) in [5, 5.41) is 3.58. The number of likely N-dealkylation sites (tertiary alicyclic amines) is 1. The molecule has 12 heavy (non-hydrogen) atoms. The van der Waals surface area contributed by atoms with Crippen molar-refractivity contribution in [2.45, 2.75) is 38.8 Å². The molecule has 2 aliphatic heterocycles. The van der Waals surface area contributed by atoms with Gasteiger partial charge in [-0.3, -0.25) is 4.90 Å². The Hall–Kier alpha value is -0.0800. The van der Waals surface area contributed by atoms with Crippen LogP contribution in [0.1, 0.15) is 27.2 Å². The van der Waals surface area contributed by atoms with E-state index in [1.54, 1.807) is 0 Å². The molecule has 0 aromatic heterocycles. The maximum atomic E-state index is 3.58. The minimum Gasteiger partial charge on any atom is -0.312 e. The van der Waals surface area contributed by atoms with Crippen LogP contribution < -0.4 is 5.32 Å². The summed E-state index contributed by atoms with van der Waals surface area (Å²) in [4.78, 5) is 2.61.